The van der Waals surface area contributed by atoms with Crippen molar-refractivity contribution in [2.75, 3.05) is 102 Å². The molecule has 29 nitrogen and oxygen atoms in total. The third-order valence-electron chi connectivity index (χ3n) is 16.5. The van der Waals surface area contributed by atoms with Crippen molar-refractivity contribution in [3.8, 4) is 23.0 Å². The number of anilines is 3. The fourth-order valence-electron chi connectivity index (χ4n) is 11.7. The van der Waals surface area contributed by atoms with Gasteiger partial charge >= 0.3 is 0 Å². The van der Waals surface area contributed by atoms with Gasteiger partial charge in [-0.1, -0.05) is 18.2 Å². The monoisotopic (exact) mass is 1410 g/mol. The highest BCUT2D eigenvalue weighted by atomic mass is 32.2. The highest BCUT2D eigenvalue weighted by Gasteiger charge is 2.30. The molecule has 4 aromatic carbocycles. The zero-order valence-electron chi connectivity index (χ0n) is 53.6. The number of carboxylic acid groups (broad SMARTS) is 3. The molecular weight excluding hydrogens is 1340 g/mol. The van der Waals surface area contributed by atoms with E-state index in [4.69, 9.17) is 48.7 Å². The predicted molar refractivity (Wildman–Crippen MR) is 369 cm³/mol. The van der Waals surface area contributed by atoms with Crippen LogP contribution in [0.2, 0.25) is 0 Å². The Kier molecular flexibility index (Phi) is 22.3. The molecule has 99 heavy (non-hydrogen) atoms. The normalized spacial score (nSPS) is 15.7. The second-order valence-corrected chi connectivity index (χ2v) is 27.9. The summed E-state index contributed by atoms with van der Waals surface area (Å²) in [6, 6.07) is 26.4. The lowest BCUT2D eigenvalue weighted by atomic mass is 9.99. The van der Waals surface area contributed by atoms with Crippen molar-refractivity contribution < 1.29 is 83.5 Å². The summed E-state index contributed by atoms with van der Waals surface area (Å²) in [5.74, 6) is 1.57. The largest absolute Gasteiger partial charge is 0.497 e. The molecule has 11 heterocycles. The van der Waals surface area contributed by atoms with Gasteiger partial charge in [-0.15, -0.1) is 0 Å². The molecule has 5 aromatic heterocycles. The Morgan fingerprint density at radius 1 is 0.535 bits per heavy atom. The van der Waals surface area contributed by atoms with Gasteiger partial charge < -0.3 is 65.3 Å². The quantitative estimate of drug-likeness (QED) is 0.0718. The van der Waals surface area contributed by atoms with Gasteiger partial charge in [-0.2, -0.15) is 0 Å². The summed E-state index contributed by atoms with van der Waals surface area (Å²) in [6.45, 7) is 5.28. The molecule has 15 rings (SSSR count). The highest BCUT2D eigenvalue weighted by Crippen LogP contribution is 2.40. The molecule has 6 aliphatic rings. The van der Waals surface area contributed by atoms with Gasteiger partial charge in [0, 0.05) is 92.4 Å². The molecule has 0 atom stereocenters. The molecule has 0 bridgehead atoms. The third-order valence-corrected chi connectivity index (χ3v) is 21.5. The van der Waals surface area contributed by atoms with Crippen LogP contribution in [0.15, 0.2) is 161 Å². The Balaban J connectivity index is 0.000000151. The van der Waals surface area contributed by atoms with Crippen molar-refractivity contribution in [3.05, 3.63) is 163 Å². The molecule has 0 fully saturated rings. The zero-order chi connectivity index (χ0) is 70.6. The standard InChI is InChI=1S/C23H23N3O5S.C21H22N4O3S.C20H18N4O4S.3CH2O2/c1-25-9-7-15(8-10-25)19-13-26(21-6-3-16(30-2)11-18(19)21)32(28,29)17-4-5-20-22(12-17)31-14-23(27)24-20;1-24-11-12-28-20-5-4-16(13-19(20)24)29(26,27)25-14-17(15-6-9-22-10-7-15)21-18(25)3-2-8-23-21;25-19-12-28-18-4-3-14(10-16(18)23-19)29(26,27)24-11-15(13-5-8-21-9-6-13)20-17(24)2-1-7-22-20;3*2-1-3/h3-7,11-13H,8-10,14H2,1-2H3,(H,24,27);2-6,8,13-14,22H,7,9-12H2,1H3;1-5,7,10-11,21H,6,8-9,12H2,(H,23,25);3*1H,(H,2,3). The third kappa shape index (κ3) is 15.3. The fourth-order valence-corrected chi connectivity index (χ4v) is 15.9. The van der Waals surface area contributed by atoms with Gasteiger partial charge in [0.25, 0.3) is 61.3 Å². The predicted octanol–water partition coefficient (Wildman–Crippen LogP) is 6.50. The maximum atomic E-state index is 13.7. The van der Waals surface area contributed by atoms with Crippen LogP contribution < -0.4 is 45.1 Å². The molecule has 0 saturated heterocycles. The highest BCUT2D eigenvalue weighted by molar-refractivity contribution is 7.90. The van der Waals surface area contributed by atoms with Gasteiger partial charge in [0.1, 0.15) is 29.6 Å². The molecule has 0 saturated carbocycles. The molecule has 0 spiro atoms. The number of hydrogen-bond donors (Lipinski definition) is 7. The van der Waals surface area contributed by atoms with Crippen LogP contribution in [0.4, 0.5) is 17.1 Å². The number of methoxy groups -OCH3 is 1. The molecule has 9 aromatic rings. The number of hydrogen-bond acceptors (Lipinski definition) is 21. The van der Waals surface area contributed by atoms with E-state index in [-0.39, 0.29) is 59.1 Å². The van der Waals surface area contributed by atoms with Gasteiger partial charge in [0.15, 0.2) is 13.2 Å². The maximum absolute atomic E-state index is 13.7. The van der Waals surface area contributed by atoms with Crippen molar-refractivity contribution in [3.63, 3.8) is 0 Å². The van der Waals surface area contributed by atoms with Crippen LogP contribution in [0.5, 0.6) is 23.0 Å². The van der Waals surface area contributed by atoms with E-state index in [2.05, 4.69) is 61.4 Å². The number of likely N-dealkylation sites (N-methyl/N-ethyl adjacent to an activating group) is 2. The average Bonchev–Trinajstić information content (AvgIpc) is 1.64. The van der Waals surface area contributed by atoms with Crippen molar-refractivity contribution in [1.82, 2.24) is 37.4 Å². The Bertz CT molecular complexity index is 5010. The number of nitrogens with one attached hydrogen (secondary N) is 4. The summed E-state index contributed by atoms with van der Waals surface area (Å²) >= 11 is 0. The Morgan fingerprint density at radius 2 is 1.04 bits per heavy atom. The smallest absolute Gasteiger partial charge is 0.290 e. The Hall–Kier alpha value is -10.9. The first-order valence-electron chi connectivity index (χ1n) is 30.6. The van der Waals surface area contributed by atoms with Crippen LogP contribution in [0, 0.1) is 0 Å². The van der Waals surface area contributed by atoms with Gasteiger partial charge in [0.2, 0.25) is 0 Å². The van der Waals surface area contributed by atoms with Crippen molar-refractivity contribution in [2.24, 2.45) is 0 Å². The lowest BCUT2D eigenvalue weighted by Gasteiger charge is -2.28. The van der Waals surface area contributed by atoms with Gasteiger partial charge in [0.05, 0.1) is 73.0 Å². The molecule has 518 valence electrons. The van der Waals surface area contributed by atoms with E-state index in [9.17, 15) is 34.8 Å². The second-order valence-electron chi connectivity index (χ2n) is 22.5. The minimum absolute atomic E-state index is 0.0636. The SMILES string of the molecule is CN1CCOc2ccc(S(=O)(=O)n3cc(C4=CCNCC4)c4ncccc43)cc21.COc1ccc2c(c1)c(C1=CCN(C)CC1)cn2S(=O)(=O)c1ccc2c(c1)OCC(=O)N2.O=C1COc2ccc(S(=O)(=O)n3cc(C4=CCNCC4)c4ncccc43)cc2N1.O=CO.O=CO.O=CO. The Morgan fingerprint density at radius 3 is 1.59 bits per heavy atom. The number of nitrogens with zero attached hydrogens (tertiary/aromatic N) is 7. The first-order chi connectivity index (χ1) is 47.7. The van der Waals surface area contributed by atoms with E-state index in [1.165, 1.54) is 36.2 Å². The lowest BCUT2D eigenvalue weighted by molar-refractivity contribution is -0.123. The number of pyridine rings is 2. The minimum atomic E-state index is -3.92. The summed E-state index contributed by atoms with van der Waals surface area (Å²) in [5, 5.41) is 33.4. The fraction of sp³-hybridized carbons (Fsp3) is 0.239. The lowest BCUT2D eigenvalue weighted by Crippen LogP contribution is -2.29. The van der Waals surface area contributed by atoms with Gasteiger partial charge in [-0.25, -0.2) is 37.2 Å². The second kappa shape index (κ2) is 31.1. The average molecular weight is 1410 g/mol. The molecule has 0 aliphatic carbocycles. The van der Waals surface area contributed by atoms with Crippen molar-refractivity contribution >= 4 is 128 Å². The minimum Gasteiger partial charge on any atom is -0.497 e. The van der Waals surface area contributed by atoms with Crippen LogP contribution in [0.3, 0.4) is 0 Å². The van der Waals surface area contributed by atoms with Crippen LogP contribution >= 0.6 is 0 Å². The summed E-state index contributed by atoms with van der Waals surface area (Å²) in [5.41, 5.74) is 10.5. The van der Waals surface area contributed by atoms with Gasteiger partial charge in [-0.05, 0) is 147 Å². The molecule has 0 unspecified atom stereocenters. The van der Waals surface area contributed by atoms with Crippen LogP contribution in [-0.4, -0.2) is 185 Å². The number of ether oxygens (including phenoxy) is 4. The van der Waals surface area contributed by atoms with E-state index in [0.29, 0.717) is 68.6 Å². The topological polar surface area (TPSA) is 381 Å². The van der Waals surface area contributed by atoms with Gasteiger partial charge in [-0.3, -0.25) is 33.9 Å². The number of carbonyl (C=O) groups excluding carboxylic acids is 2. The number of benzene rings is 4. The van der Waals surface area contributed by atoms with Crippen molar-refractivity contribution in [1.29, 1.82) is 0 Å². The zero-order valence-corrected chi connectivity index (χ0v) is 56.1. The summed E-state index contributed by atoms with van der Waals surface area (Å²) < 4.78 is 107. The van der Waals surface area contributed by atoms with Crippen LogP contribution in [-0.2, 0) is 54.0 Å². The molecule has 2 amide bonds. The van der Waals surface area contributed by atoms with E-state index in [1.807, 2.05) is 18.0 Å². The molecule has 0 radical (unpaired) electrons. The maximum Gasteiger partial charge on any atom is 0.290 e. The molecule has 7 N–H and O–H groups in total. The number of carbonyl (C=O) groups is 5. The van der Waals surface area contributed by atoms with Crippen LogP contribution in [0.25, 0.3) is 49.7 Å². The first-order valence-corrected chi connectivity index (χ1v) is 34.9. The Labute approximate surface area is 568 Å². The summed E-state index contributed by atoms with van der Waals surface area (Å²) in [7, 11) is -6.02. The number of amides is 2. The number of fused-ring (bicyclic) bond motifs is 6. The van der Waals surface area contributed by atoms with E-state index in [0.717, 1.165) is 110 Å². The van der Waals surface area contributed by atoms with Crippen molar-refractivity contribution in [2.45, 2.75) is 33.9 Å². The number of rotatable bonds is 10. The van der Waals surface area contributed by atoms with Crippen LogP contribution in [0.1, 0.15) is 36.0 Å². The molecular formula is C67H69N11O18S3. The summed E-state index contributed by atoms with van der Waals surface area (Å²) in [6.07, 6.45) is 17.2. The molecule has 32 heteroatoms. The first kappa shape index (κ1) is 70.9. The molecule has 6 aliphatic heterocycles. The summed E-state index contributed by atoms with van der Waals surface area (Å²) in [4.78, 5) is 61.8. The van der Waals surface area contributed by atoms with E-state index < -0.39 is 30.1 Å². The van der Waals surface area contributed by atoms with E-state index >= 15 is 0 Å². The van der Waals surface area contributed by atoms with E-state index in [1.54, 1.807) is 105 Å². The number of aromatic nitrogens is 5.